The van der Waals surface area contributed by atoms with Crippen molar-refractivity contribution in [2.45, 2.75) is 25.2 Å². The maximum Gasteiger partial charge on any atom is 0.336 e. The molecule has 1 aliphatic rings. The van der Waals surface area contributed by atoms with E-state index in [1.54, 1.807) is 25.3 Å². The molecule has 1 aromatic carbocycles. The lowest BCUT2D eigenvalue weighted by atomic mass is 9.99. The van der Waals surface area contributed by atoms with E-state index in [1.165, 1.54) is 0 Å². The molecule has 4 nitrogen and oxygen atoms in total. The molecule has 98 valence electrons. The van der Waals surface area contributed by atoms with E-state index in [1.807, 2.05) is 6.07 Å². The molecule has 0 spiro atoms. The van der Waals surface area contributed by atoms with Crippen LogP contribution >= 0.6 is 0 Å². The van der Waals surface area contributed by atoms with Crippen LogP contribution in [0, 0.1) is 0 Å². The number of aromatic nitrogens is 1. The van der Waals surface area contributed by atoms with E-state index in [0.717, 1.165) is 18.5 Å². The quantitative estimate of drug-likeness (QED) is 0.918. The summed E-state index contributed by atoms with van der Waals surface area (Å²) in [6.07, 6.45) is 2.14. The van der Waals surface area contributed by atoms with Gasteiger partial charge in [-0.1, -0.05) is 6.92 Å². The highest BCUT2D eigenvalue weighted by Crippen LogP contribution is 2.47. The highest BCUT2D eigenvalue weighted by molar-refractivity contribution is 6.03. The summed E-state index contributed by atoms with van der Waals surface area (Å²) < 4.78 is 5.15. The van der Waals surface area contributed by atoms with Crippen molar-refractivity contribution in [2.75, 3.05) is 7.11 Å². The first-order valence-corrected chi connectivity index (χ1v) is 6.26. The zero-order valence-electron chi connectivity index (χ0n) is 10.9. The molecule has 0 radical (unpaired) electrons. The number of aromatic carboxylic acids is 1. The molecule has 19 heavy (non-hydrogen) atoms. The van der Waals surface area contributed by atoms with E-state index in [0.29, 0.717) is 22.2 Å². The molecule has 2 aromatic rings. The third-order valence-corrected chi connectivity index (χ3v) is 3.86. The molecule has 3 rings (SSSR count). The largest absolute Gasteiger partial charge is 0.497 e. The Bertz CT molecular complexity index is 674. The van der Waals surface area contributed by atoms with Crippen molar-refractivity contribution in [2.24, 2.45) is 0 Å². The van der Waals surface area contributed by atoms with Gasteiger partial charge in [-0.15, -0.1) is 0 Å². The van der Waals surface area contributed by atoms with Gasteiger partial charge in [-0.05, 0) is 37.1 Å². The molecule has 4 heteroatoms. The van der Waals surface area contributed by atoms with Crippen molar-refractivity contribution in [3.05, 3.63) is 35.5 Å². The summed E-state index contributed by atoms with van der Waals surface area (Å²) in [6, 6.07) is 7.05. The Labute approximate surface area is 111 Å². The van der Waals surface area contributed by atoms with E-state index in [4.69, 9.17) is 4.74 Å². The monoisotopic (exact) mass is 257 g/mol. The van der Waals surface area contributed by atoms with Gasteiger partial charge in [-0.25, -0.2) is 4.79 Å². The number of carboxylic acids is 1. The van der Waals surface area contributed by atoms with Gasteiger partial charge in [0.25, 0.3) is 0 Å². The van der Waals surface area contributed by atoms with Gasteiger partial charge in [-0.2, -0.15) is 0 Å². The van der Waals surface area contributed by atoms with Crippen molar-refractivity contribution >= 4 is 16.9 Å². The highest BCUT2D eigenvalue weighted by Gasteiger charge is 2.41. The average Bonchev–Trinajstić information content (AvgIpc) is 3.16. The van der Waals surface area contributed by atoms with Gasteiger partial charge < -0.3 is 9.84 Å². The lowest BCUT2D eigenvalue weighted by molar-refractivity contribution is 0.0699. The maximum atomic E-state index is 11.4. The molecule has 0 aliphatic heterocycles. The number of nitrogens with zero attached hydrogens (tertiary/aromatic N) is 1. The van der Waals surface area contributed by atoms with Crippen LogP contribution in [0.4, 0.5) is 0 Å². The number of pyridine rings is 1. The first-order chi connectivity index (χ1) is 9.03. The number of fused-ring (bicyclic) bond motifs is 1. The van der Waals surface area contributed by atoms with Crippen LogP contribution in [0.3, 0.4) is 0 Å². The number of carboxylic acid groups (broad SMARTS) is 1. The van der Waals surface area contributed by atoms with Crippen LogP contribution in [0.1, 0.15) is 35.8 Å². The van der Waals surface area contributed by atoms with Gasteiger partial charge >= 0.3 is 5.97 Å². The Kier molecular flexibility index (Phi) is 2.49. The molecule has 0 amide bonds. The number of carbonyl (C=O) groups is 1. The Balaban J connectivity index is 2.28. The summed E-state index contributed by atoms with van der Waals surface area (Å²) >= 11 is 0. The van der Waals surface area contributed by atoms with Crippen molar-refractivity contribution in [1.82, 2.24) is 4.98 Å². The van der Waals surface area contributed by atoms with Gasteiger partial charge in [-0.3, -0.25) is 4.98 Å². The molecule has 0 saturated heterocycles. The van der Waals surface area contributed by atoms with Crippen molar-refractivity contribution in [3.8, 4) is 5.75 Å². The summed E-state index contributed by atoms with van der Waals surface area (Å²) in [5.74, 6) is -0.284. The molecular weight excluding hydrogens is 242 g/mol. The lowest BCUT2D eigenvalue weighted by Crippen LogP contribution is -2.08. The SMILES string of the molecule is COc1ccc2nc(C3(C)CC3)cc(C(=O)O)c2c1. The molecule has 1 aromatic heterocycles. The third-order valence-electron chi connectivity index (χ3n) is 3.86. The van der Waals surface area contributed by atoms with Gasteiger partial charge in [0, 0.05) is 16.5 Å². The van der Waals surface area contributed by atoms with Gasteiger partial charge in [0.05, 0.1) is 18.2 Å². The van der Waals surface area contributed by atoms with Gasteiger partial charge in [0.15, 0.2) is 0 Å². The molecule has 1 heterocycles. The smallest absolute Gasteiger partial charge is 0.336 e. The number of methoxy groups -OCH3 is 1. The van der Waals surface area contributed by atoms with Crippen molar-refractivity contribution < 1.29 is 14.6 Å². The number of hydrogen-bond donors (Lipinski definition) is 1. The minimum atomic E-state index is -0.925. The minimum Gasteiger partial charge on any atom is -0.497 e. The first kappa shape index (κ1) is 12.0. The molecule has 0 unspecified atom stereocenters. The van der Waals surface area contributed by atoms with Crippen LogP contribution in [0.25, 0.3) is 10.9 Å². The average molecular weight is 257 g/mol. The standard InChI is InChI=1S/C15H15NO3/c1-15(5-6-15)13-8-11(14(17)18)10-7-9(19-2)3-4-12(10)16-13/h3-4,7-8H,5-6H2,1-2H3,(H,17,18). The topological polar surface area (TPSA) is 59.4 Å². The highest BCUT2D eigenvalue weighted by atomic mass is 16.5. The Hall–Kier alpha value is -2.10. The first-order valence-electron chi connectivity index (χ1n) is 6.26. The summed E-state index contributed by atoms with van der Waals surface area (Å²) in [5.41, 5.74) is 1.94. The molecule has 1 fully saturated rings. The molecule has 1 aliphatic carbocycles. The molecule has 0 bridgehead atoms. The zero-order chi connectivity index (χ0) is 13.6. The normalized spacial score (nSPS) is 16.3. The maximum absolute atomic E-state index is 11.4. The Morgan fingerprint density at radius 1 is 1.37 bits per heavy atom. The number of benzene rings is 1. The fraction of sp³-hybridized carbons (Fsp3) is 0.333. The van der Waals surface area contributed by atoms with Crippen LogP contribution in [-0.4, -0.2) is 23.2 Å². The Morgan fingerprint density at radius 3 is 2.68 bits per heavy atom. The van der Waals surface area contributed by atoms with Crippen LogP contribution in [0.5, 0.6) is 5.75 Å². The van der Waals surface area contributed by atoms with E-state index < -0.39 is 5.97 Å². The van der Waals surface area contributed by atoms with Crippen LogP contribution < -0.4 is 4.74 Å². The van der Waals surface area contributed by atoms with E-state index >= 15 is 0 Å². The number of rotatable bonds is 3. The van der Waals surface area contributed by atoms with Crippen LogP contribution in [0.15, 0.2) is 24.3 Å². The van der Waals surface area contributed by atoms with Gasteiger partial charge in [0.1, 0.15) is 5.75 Å². The van der Waals surface area contributed by atoms with Gasteiger partial charge in [0.2, 0.25) is 0 Å². The summed E-state index contributed by atoms with van der Waals surface area (Å²) in [5, 5.41) is 10.0. The predicted molar refractivity (Wildman–Crippen MR) is 71.8 cm³/mol. The second-order valence-corrected chi connectivity index (χ2v) is 5.30. The summed E-state index contributed by atoms with van der Waals surface area (Å²) in [7, 11) is 1.56. The number of ether oxygens (including phenoxy) is 1. The van der Waals surface area contributed by atoms with E-state index in [-0.39, 0.29) is 5.41 Å². The minimum absolute atomic E-state index is 0.0539. The second kappa shape index (κ2) is 3.95. The number of hydrogen-bond acceptors (Lipinski definition) is 3. The van der Waals surface area contributed by atoms with Crippen LogP contribution in [-0.2, 0) is 5.41 Å². The third kappa shape index (κ3) is 1.93. The molecule has 1 saturated carbocycles. The lowest BCUT2D eigenvalue weighted by Gasteiger charge is -2.12. The summed E-state index contributed by atoms with van der Waals surface area (Å²) in [6.45, 7) is 2.12. The molecular formula is C15H15NO3. The fourth-order valence-electron chi connectivity index (χ4n) is 2.26. The van der Waals surface area contributed by atoms with E-state index in [9.17, 15) is 9.90 Å². The second-order valence-electron chi connectivity index (χ2n) is 5.30. The summed E-state index contributed by atoms with van der Waals surface area (Å²) in [4.78, 5) is 16.1. The molecule has 1 N–H and O–H groups in total. The predicted octanol–water partition coefficient (Wildman–Crippen LogP) is 2.99. The van der Waals surface area contributed by atoms with Crippen LogP contribution in [0.2, 0.25) is 0 Å². The van der Waals surface area contributed by atoms with Crippen molar-refractivity contribution in [3.63, 3.8) is 0 Å². The Morgan fingerprint density at radius 2 is 2.11 bits per heavy atom. The van der Waals surface area contributed by atoms with E-state index in [2.05, 4.69) is 11.9 Å². The fourth-order valence-corrected chi connectivity index (χ4v) is 2.26. The zero-order valence-corrected chi connectivity index (χ0v) is 10.9. The molecule has 0 atom stereocenters. The van der Waals surface area contributed by atoms with Crippen molar-refractivity contribution in [1.29, 1.82) is 0 Å².